The van der Waals surface area contributed by atoms with Gasteiger partial charge >= 0.3 is 5.97 Å². The van der Waals surface area contributed by atoms with E-state index in [2.05, 4.69) is 10.2 Å². The molecule has 1 aromatic carbocycles. The van der Waals surface area contributed by atoms with E-state index in [4.69, 9.17) is 10.5 Å². The quantitative estimate of drug-likeness (QED) is 0.687. The van der Waals surface area contributed by atoms with Gasteiger partial charge in [-0.2, -0.15) is 0 Å². The zero-order chi connectivity index (χ0) is 14.8. The van der Waals surface area contributed by atoms with E-state index in [1.54, 1.807) is 0 Å². The minimum Gasteiger partial charge on any atom is -0.454 e. The Balaban J connectivity index is 1.70. The van der Waals surface area contributed by atoms with E-state index >= 15 is 0 Å². The molecule has 3 rings (SSSR count). The lowest BCUT2D eigenvalue weighted by molar-refractivity contribution is 0.0458. The maximum atomic E-state index is 13.0. The molecule has 21 heavy (non-hydrogen) atoms. The van der Waals surface area contributed by atoms with Crippen LogP contribution in [0.5, 0.6) is 0 Å². The van der Waals surface area contributed by atoms with Gasteiger partial charge in [0.05, 0.1) is 5.56 Å². The summed E-state index contributed by atoms with van der Waals surface area (Å²) in [5.41, 5.74) is 5.81. The standard InChI is InChI=1S/C14H15FN4O2/c15-9-4-5-10(11(16)7-9)14(20)21-8-13-18-17-12-3-1-2-6-19(12)13/h4-5,7H,1-3,6,8,16H2. The summed E-state index contributed by atoms with van der Waals surface area (Å²) in [7, 11) is 0. The van der Waals surface area contributed by atoms with Crippen molar-refractivity contribution in [3.63, 3.8) is 0 Å². The molecule has 0 atom stereocenters. The van der Waals surface area contributed by atoms with Gasteiger partial charge < -0.3 is 15.0 Å². The minimum absolute atomic E-state index is 0.0304. The highest BCUT2D eigenvalue weighted by molar-refractivity contribution is 5.94. The van der Waals surface area contributed by atoms with Gasteiger partial charge in [0.25, 0.3) is 0 Å². The highest BCUT2D eigenvalue weighted by Gasteiger charge is 2.18. The van der Waals surface area contributed by atoms with Crippen molar-refractivity contribution in [2.75, 3.05) is 5.73 Å². The second kappa shape index (κ2) is 5.51. The smallest absolute Gasteiger partial charge is 0.340 e. The van der Waals surface area contributed by atoms with Crippen LogP contribution in [0, 0.1) is 5.82 Å². The van der Waals surface area contributed by atoms with Crippen molar-refractivity contribution in [2.45, 2.75) is 32.4 Å². The summed E-state index contributed by atoms with van der Waals surface area (Å²) in [6, 6.07) is 3.58. The summed E-state index contributed by atoms with van der Waals surface area (Å²) in [6.07, 6.45) is 3.06. The topological polar surface area (TPSA) is 83.0 Å². The molecule has 7 heteroatoms. The third kappa shape index (κ3) is 2.72. The number of benzene rings is 1. The fourth-order valence-corrected chi connectivity index (χ4v) is 2.40. The number of esters is 1. The van der Waals surface area contributed by atoms with Crippen molar-refractivity contribution in [2.24, 2.45) is 0 Å². The number of nitrogens with zero attached hydrogens (tertiary/aromatic N) is 3. The van der Waals surface area contributed by atoms with E-state index in [0.717, 1.165) is 37.7 Å². The molecule has 0 saturated carbocycles. The molecule has 1 aromatic heterocycles. The number of aromatic nitrogens is 3. The number of nitrogen functional groups attached to an aromatic ring is 1. The van der Waals surface area contributed by atoms with Crippen molar-refractivity contribution < 1.29 is 13.9 Å². The summed E-state index contributed by atoms with van der Waals surface area (Å²) >= 11 is 0. The van der Waals surface area contributed by atoms with E-state index < -0.39 is 11.8 Å². The van der Waals surface area contributed by atoms with E-state index in [1.165, 1.54) is 12.1 Å². The van der Waals surface area contributed by atoms with Gasteiger partial charge in [0, 0.05) is 18.7 Å². The molecule has 110 valence electrons. The largest absolute Gasteiger partial charge is 0.454 e. The van der Waals surface area contributed by atoms with E-state index in [9.17, 15) is 9.18 Å². The SMILES string of the molecule is Nc1cc(F)ccc1C(=O)OCc1nnc2n1CCCC2. The highest BCUT2D eigenvalue weighted by Crippen LogP contribution is 2.17. The molecule has 6 nitrogen and oxygen atoms in total. The van der Waals surface area contributed by atoms with Crippen LogP contribution in [0.2, 0.25) is 0 Å². The lowest BCUT2D eigenvalue weighted by Crippen LogP contribution is -2.15. The molecular weight excluding hydrogens is 275 g/mol. The lowest BCUT2D eigenvalue weighted by Gasteiger charge is -2.14. The Morgan fingerprint density at radius 1 is 1.38 bits per heavy atom. The summed E-state index contributed by atoms with van der Waals surface area (Å²) in [5.74, 6) is 0.462. The van der Waals surface area contributed by atoms with Crippen LogP contribution in [0.3, 0.4) is 0 Å². The average molecular weight is 290 g/mol. The molecule has 1 aliphatic rings. The van der Waals surface area contributed by atoms with Gasteiger partial charge in [-0.1, -0.05) is 0 Å². The van der Waals surface area contributed by atoms with Crippen LogP contribution in [-0.2, 0) is 24.3 Å². The van der Waals surface area contributed by atoms with Crippen LogP contribution in [-0.4, -0.2) is 20.7 Å². The third-order valence-corrected chi connectivity index (χ3v) is 3.50. The number of hydrogen-bond donors (Lipinski definition) is 1. The second-order valence-corrected chi connectivity index (χ2v) is 4.95. The Kier molecular flexibility index (Phi) is 3.55. The Labute approximate surface area is 120 Å². The molecule has 2 aromatic rings. The maximum absolute atomic E-state index is 13.0. The van der Waals surface area contributed by atoms with Crippen LogP contribution in [0.1, 0.15) is 34.8 Å². The third-order valence-electron chi connectivity index (χ3n) is 3.50. The first-order valence-corrected chi connectivity index (χ1v) is 6.78. The number of ether oxygens (including phenoxy) is 1. The van der Waals surface area contributed by atoms with Gasteiger partial charge in [-0.3, -0.25) is 0 Å². The monoisotopic (exact) mass is 290 g/mol. The van der Waals surface area contributed by atoms with Gasteiger partial charge in [-0.05, 0) is 31.0 Å². The fraction of sp³-hybridized carbons (Fsp3) is 0.357. The van der Waals surface area contributed by atoms with Crippen LogP contribution in [0.4, 0.5) is 10.1 Å². The summed E-state index contributed by atoms with van der Waals surface area (Å²) in [6.45, 7) is 0.872. The van der Waals surface area contributed by atoms with E-state index in [-0.39, 0.29) is 17.9 Å². The van der Waals surface area contributed by atoms with E-state index in [0.29, 0.717) is 5.82 Å². The highest BCUT2D eigenvalue weighted by atomic mass is 19.1. The fourth-order valence-electron chi connectivity index (χ4n) is 2.40. The molecule has 0 spiro atoms. The molecule has 0 radical (unpaired) electrons. The molecule has 1 aliphatic heterocycles. The van der Waals surface area contributed by atoms with Crippen molar-refractivity contribution >= 4 is 11.7 Å². The Morgan fingerprint density at radius 3 is 3.05 bits per heavy atom. The maximum Gasteiger partial charge on any atom is 0.340 e. The van der Waals surface area contributed by atoms with Crippen LogP contribution in [0.25, 0.3) is 0 Å². The van der Waals surface area contributed by atoms with Crippen molar-refractivity contribution in [3.8, 4) is 0 Å². The number of carbonyl (C=O) groups excluding carboxylic acids is 1. The first-order chi connectivity index (χ1) is 10.1. The number of rotatable bonds is 3. The van der Waals surface area contributed by atoms with E-state index in [1.807, 2.05) is 4.57 Å². The molecule has 0 unspecified atom stereocenters. The molecule has 0 saturated heterocycles. The summed E-state index contributed by atoms with van der Waals surface area (Å²) in [4.78, 5) is 12.0. The molecule has 2 heterocycles. The van der Waals surface area contributed by atoms with Crippen molar-refractivity contribution in [1.82, 2.24) is 14.8 Å². The molecule has 0 aliphatic carbocycles. The predicted molar refractivity (Wildman–Crippen MR) is 72.9 cm³/mol. The molecule has 0 fully saturated rings. The van der Waals surface area contributed by atoms with Gasteiger partial charge in [0.15, 0.2) is 12.4 Å². The number of halogens is 1. The number of anilines is 1. The second-order valence-electron chi connectivity index (χ2n) is 4.95. The Hall–Kier alpha value is -2.44. The predicted octanol–water partition coefficient (Wildman–Crippen LogP) is 1.69. The molecule has 0 bridgehead atoms. The number of fused-ring (bicyclic) bond motifs is 1. The van der Waals surface area contributed by atoms with Crippen molar-refractivity contribution in [3.05, 3.63) is 41.2 Å². The summed E-state index contributed by atoms with van der Waals surface area (Å²) in [5, 5.41) is 8.13. The van der Waals surface area contributed by atoms with Gasteiger partial charge in [-0.25, -0.2) is 9.18 Å². The number of aryl methyl sites for hydroxylation is 1. The zero-order valence-corrected chi connectivity index (χ0v) is 11.4. The number of nitrogens with two attached hydrogens (primary N) is 1. The molecular formula is C14H15FN4O2. The Morgan fingerprint density at radius 2 is 2.24 bits per heavy atom. The molecule has 0 amide bonds. The first-order valence-electron chi connectivity index (χ1n) is 6.78. The normalized spacial score (nSPS) is 13.8. The van der Waals surface area contributed by atoms with Crippen LogP contribution < -0.4 is 5.73 Å². The van der Waals surface area contributed by atoms with Crippen LogP contribution in [0.15, 0.2) is 18.2 Å². The zero-order valence-electron chi connectivity index (χ0n) is 11.4. The van der Waals surface area contributed by atoms with Gasteiger partial charge in [0.1, 0.15) is 11.6 Å². The Bertz CT molecular complexity index is 684. The van der Waals surface area contributed by atoms with Crippen LogP contribution >= 0.6 is 0 Å². The number of carbonyl (C=O) groups is 1. The van der Waals surface area contributed by atoms with Gasteiger partial charge in [0.2, 0.25) is 0 Å². The molecule has 2 N–H and O–H groups in total. The number of hydrogen-bond acceptors (Lipinski definition) is 5. The summed E-state index contributed by atoms with van der Waals surface area (Å²) < 4.78 is 20.1. The average Bonchev–Trinajstić information content (AvgIpc) is 2.88. The lowest BCUT2D eigenvalue weighted by atomic mass is 10.1. The van der Waals surface area contributed by atoms with Crippen molar-refractivity contribution in [1.29, 1.82) is 0 Å². The first kappa shape index (κ1) is 13.5. The minimum atomic E-state index is -0.597. The van der Waals surface area contributed by atoms with Gasteiger partial charge in [-0.15, -0.1) is 10.2 Å².